The highest BCUT2D eigenvalue weighted by molar-refractivity contribution is 7.21. The molecule has 0 aliphatic rings. The molecule has 0 N–H and O–H groups in total. The summed E-state index contributed by atoms with van der Waals surface area (Å²) in [6, 6.07) is 17.1. The second kappa shape index (κ2) is 5.54. The van der Waals surface area contributed by atoms with Crippen molar-refractivity contribution < 1.29 is 0 Å². The Morgan fingerprint density at radius 1 is 1.05 bits per heavy atom. The van der Waals surface area contributed by atoms with E-state index in [1.54, 1.807) is 11.3 Å². The van der Waals surface area contributed by atoms with Gasteiger partial charge < -0.3 is 0 Å². The first-order chi connectivity index (χ1) is 9.36. The van der Waals surface area contributed by atoms with E-state index in [0.717, 1.165) is 16.9 Å². The van der Waals surface area contributed by atoms with Crippen molar-refractivity contribution in [3.05, 3.63) is 54.1 Å². The number of unbranched alkanes of at least 4 members (excludes halogenated alkanes) is 1. The van der Waals surface area contributed by atoms with E-state index in [9.17, 15) is 0 Å². The van der Waals surface area contributed by atoms with E-state index in [0.29, 0.717) is 0 Å². The van der Waals surface area contributed by atoms with Crippen molar-refractivity contribution in [1.29, 1.82) is 0 Å². The molecule has 0 saturated carbocycles. The zero-order valence-corrected chi connectivity index (χ0v) is 11.9. The molecule has 2 aromatic carbocycles. The van der Waals surface area contributed by atoms with Gasteiger partial charge in [0.15, 0.2) is 0 Å². The van der Waals surface area contributed by atoms with Gasteiger partial charge in [0.1, 0.15) is 5.01 Å². The first kappa shape index (κ1) is 12.4. The van der Waals surface area contributed by atoms with Crippen LogP contribution >= 0.6 is 11.3 Å². The van der Waals surface area contributed by atoms with Gasteiger partial charge in [-0.15, -0.1) is 11.3 Å². The maximum atomic E-state index is 4.77. The molecule has 0 aliphatic heterocycles. The van der Waals surface area contributed by atoms with E-state index < -0.39 is 0 Å². The van der Waals surface area contributed by atoms with Gasteiger partial charge in [-0.3, -0.25) is 0 Å². The Morgan fingerprint density at radius 3 is 2.68 bits per heavy atom. The smallest absolute Gasteiger partial charge is 0.124 e. The fraction of sp³-hybridized carbons (Fsp3) is 0.235. The van der Waals surface area contributed by atoms with Gasteiger partial charge in [0.25, 0.3) is 0 Å². The fourth-order valence-electron chi connectivity index (χ4n) is 2.21. The summed E-state index contributed by atoms with van der Waals surface area (Å²) >= 11 is 1.77. The monoisotopic (exact) mass is 267 g/mol. The molecule has 0 fully saturated rings. The third kappa shape index (κ3) is 2.69. The van der Waals surface area contributed by atoms with Crippen LogP contribution in [0.3, 0.4) is 0 Å². The summed E-state index contributed by atoms with van der Waals surface area (Å²) in [5.41, 5.74) is 3.75. The maximum absolute atomic E-state index is 4.77. The van der Waals surface area contributed by atoms with Crippen LogP contribution in [-0.4, -0.2) is 4.98 Å². The van der Waals surface area contributed by atoms with E-state index in [1.165, 1.54) is 28.7 Å². The lowest BCUT2D eigenvalue weighted by Crippen LogP contribution is -1.83. The standard InChI is InChI=1S/C17H17NS/c1-2-3-7-13-10-11-16-15(12-13)18-17(19-16)14-8-5-4-6-9-14/h4-6,8-12H,2-3,7H2,1H3. The van der Waals surface area contributed by atoms with E-state index in [1.807, 2.05) is 6.07 Å². The fourth-order valence-corrected chi connectivity index (χ4v) is 3.17. The van der Waals surface area contributed by atoms with Crippen molar-refractivity contribution in [2.24, 2.45) is 0 Å². The van der Waals surface area contributed by atoms with Gasteiger partial charge in [-0.1, -0.05) is 49.7 Å². The highest BCUT2D eigenvalue weighted by atomic mass is 32.1. The van der Waals surface area contributed by atoms with Crippen molar-refractivity contribution in [2.75, 3.05) is 0 Å². The summed E-state index contributed by atoms with van der Waals surface area (Å²) in [6.07, 6.45) is 3.65. The lowest BCUT2D eigenvalue weighted by atomic mass is 10.1. The van der Waals surface area contributed by atoms with Gasteiger partial charge in [0.05, 0.1) is 10.2 Å². The summed E-state index contributed by atoms with van der Waals surface area (Å²) in [6.45, 7) is 2.23. The largest absolute Gasteiger partial charge is 0.236 e. The Hall–Kier alpha value is -1.67. The van der Waals surface area contributed by atoms with Crippen LogP contribution in [0, 0.1) is 0 Å². The quantitative estimate of drug-likeness (QED) is 0.624. The Morgan fingerprint density at radius 2 is 1.89 bits per heavy atom. The van der Waals surface area contributed by atoms with Crippen LogP contribution in [-0.2, 0) is 6.42 Å². The Balaban J connectivity index is 1.97. The predicted molar refractivity (Wildman–Crippen MR) is 83.7 cm³/mol. The molecule has 0 saturated heterocycles. The van der Waals surface area contributed by atoms with Crippen molar-refractivity contribution >= 4 is 21.6 Å². The normalized spacial score (nSPS) is 11.0. The summed E-state index contributed by atoms with van der Waals surface area (Å²) in [7, 11) is 0. The molecule has 0 spiro atoms. The Kier molecular flexibility index (Phi) is 3.60. The number of benzene rings is 2. The molecule has 0 atom stereocenters. The predicted octanol–water partition coefficient (Wildman–Crippen LogP) is 5.31. The molecule has 0 bridgehead atoms. The molecule has 96 valence electrons. The highest BCUT2D eigenvalue weighted by Gasteiger charge is 2.06. The molecule has 0 aliphatic carbocycles. The van der Waals surface area contributed by atoms with Crippen molar-refractivity contribution in [1.82, 2.24) is 4.98 Å². The number of aromatic nitrogens is 1. The van der Waals surface area contributed by atoms with E-state index in [4.69, 9.17) is 4.98 Å². The molecule has 0 unspecified atom stereocenters. The van der Waals surface area contributed by atoms with Crippen molar-refractivity contribution in [2.45, 2.75) is 26.2 Å². The summed E-state index contributed by atoms with van der Waals surface area (Å²) in [4.78, 5) is 4.77. The first-order valence-corrected chi connectivity index (χ1v) is 7.63. The van der Waals surface area contributed by atoms with Gasteiger partial charge in [-0.05, 0) is 30.5 Å². The topological polar surface area (TPSA) is 12.9 Å². The molecule has 1 nitrogen and oxygen atoms in total. The molecule has 1 aromatic heterocycles. The molecule has 2 heteroatoms. The zero-order valence-electron chi connectivity index (χ0n) is 11.1. The number of aryl methyl sites for hydroxylation is 1. The van der Waals surface area contributed by atoms with Crippen molar-refractivity contribution in [3.63, 3.8) is 0 Å². The average Bonchev–Trinajstić information content (AvgIpc) is 2.89. The minimum absolute atomic E-state index is 1.11. The maximum Gasteiger partial charge on any atom is 0.124 e. The van der Waals surface area contributed by atoms with E-state index >= 15 is 0 Å². The third-order valence-corrected chi connectivity index (χ3v) is 4.38. The number of nitrogens with zero attached hydrogens (tertiary/aromatic N) is 1. The lowest BCUT2D eigenvalue weighted by Gasteiger charge is -1.98. The van der Waals surface area contributed by atoms with E-state index in [-0.39, 0.29) is 0 Å². The van der Waals surface area contributed by atoms with Crippen LogP contribution in [0.1, 0.15) is 25.3 Å². The summed E-state index contributed by atoms with van der Waals surface area (Å²) < 4.78 is 1.28. The number of thiazole rings is 1. The molecule has 19 heavy (non-hydrogen) atoms. The minimum Gasteiger partial charge on any atom is -0.236 e. The van der Waals surface area contributed by atoms with E-state index in [2.05, 4.69) is 49.4 Å². The van der Waals surface area contributed by atoms with Gasteiger partial charge in [0, 0.05) is 5.56 Å². The van der Waals surface area contributed by atoms with Gasteiger partial charge in [-0.2, -0.15) is 0 Å². The molecule has 0 amide bonds. The molecule has 1 heterocycles. The second-order valence-electron chi connectivity index (χ2n) is 4.79. The van der Waals surface area contributed by atoms with Crippen molar-refractivity contribution in [3.8, 4) is 10.6 Å². The number of rotatable bonds is 4. The van der Waals surface area contributed by atoms with Crippen LogP contribution in [0.4, 0.5) is 0 Å². The van der Waals surface area contributed by atoms with Crippen LogP contribution < -0.4 is 0 Å². The lowest BCUT2D eigenvalue weighted by molar-refractivity contribution is 0.796. The van der Waals surface area contributed by atoms with Gasteiger partial charge in [-0.25, -0.2) is 4.98 Å². The first-order valence-electron chi connectivity index (χ1n) is 6.81. The number of fused-ring (bicyclic) bond motifs is 1. The number of hydrogen-bond donors (Lipinski definition) is 0. The molecule has 0 radical (unpaired) electrons. The molecule has 3 rings (SSSR count). The van der Waals surface area contributed by atoms with Crippen LogP contribution in [0.25, 0.3) is 20.8 Å². The second-order valence-corrected chi connectivity index (χ2v) is 5.82. The average molecular weight is 267 g/mol. The summed E-state index contributed by atoms with van der Waals surface area (Å²) in [5, 5.41) is 1.11. The van der Waals surface area contributed by atoms with Crippen LogP contribution in [0.15, 0.2) is 48.5 Å². The molecule has 3 aromatic rings. The summed E-state index contributed by atoms with van der Waals surface area (Å²) in [5.74, 6) is 0. The SMILES string of the molecule is CCCCc1ccc2sc(-c3ccccc3)nc2c1. The number of hydrogen-bond acceptors (Lipinski definition) is 2. The third-order valence-electron chi connectivity index (χ3n) is 3.29. The zero-order chi connectivity index (χ0) is 13.1. The van der Waals surface area contributed by atoms with Crippen LogP contribution in [0.5, 0.6) is 0 Å². The Bertz CT molecular complexity index is 670. The van der Waals surface area contributed by atoms with Gasteiger partial charge >= 0.3 is 0 Å². The van der Waals surface area contributed by atoms with Gasteiger partial charge in [0.2, 0.25) is 0 Å². The Labute approximate surface area is 117 Å². The molecular weight excluding hydrogens is 250 g/mol. The minimum atomic E-state index is 1.11. The highest BCUT2D eigenvalue weighted by Crippen LogP contribution is 2.30. The molecular formula is C17H17NS. The van der Waals surface area contributed by atoms with Crippen LogP contribution in [0.2, 0.25) is 0 Å².